The van der Waals surface area contributed by atoms with Gasteiger partial charge < -0.3 is 10.2 Å². The summed E-state index contributed by atoms with van der Waals surface area (Å²) in [4.78, 5) is 7.94. The molecule has 0 aromatic carbocycles. The second kappa shape index (κ2) is 7.39. The summed E-state index contributed by atoms with van der Waals surface area (Å²) in [6, 6.07) is 4.58. The van der Waals surface area contributed by atoms with Gasteiger partial charge in [-0.15, -0.1) is 11.3 Å². The van der Waals surface area contributed by atoms with Crippen molar-refractivity contribution in [3.63, 3.8) is 0 Å². The van der Waals surface area contributed by atoms with Crippen LogP contribution in [0, 0.1) is 5.92 Å². The number of hydrogen-bond acceptors (Lipinski definition) is 4. The Balaban J connectivity index is 1.74. The molecule has 0 radical (unpaired) electrons. The van der Waals surface area contributed by atoms with E-state index in [1.807, 2.05) is 11.3 Å². The van der Waals surface area contributed by atoms with Crippen molar-refractivity contribution in [2.75, 3.05) is 39.8 Å². The van der Waals surface area contributed by atoms with Crippen LogP contribution in [0.1, 0.15) is 23.6 Å². The largest absolute Gasteiger partial charge is 0.312 e. The summed E-state index contributed by atoms with van der Waals surface area (Å²) in [5.74, 6) is 0.727. The van der Waals surface area contributed by atoms with Gasteiger partial charge in [-0.25, -0.2) is 0 Å². The molecule has 2 heterocycles. The van der Waals surface area contributed by atoms with Gasteiger partial charge in [-0.05, 0) is 31.6 Å². The molecule has 0 saturated carbocycles. The van der Waals surface area contributed by atoms with E-state index in [-0.39, 0.29) is 0 Å². The van der Waals surface area contributed by atoms with Gasteiger partial charge in [0, 0.05) is 49.0 Å². The van der Waals surface area contributed by atoms with E-state index in [0.29, 0.717) is 0 Å². The predicted molar refractivity (Wildman–Crippen MR) is 83.6 cm³/mol. The normalized spacial score (nSPS) is 18.3. The first kappa shape index (κ1) is 15.0. The van der Waals surface area contributed by atoms with Crippen LogP contribution in [0.4, 0.5) is 0 Å². The van der Waals surface area contributed by atoms with E-state index >= 15 is 0 Å². The molecule has 1 aliphatic rings. The third-order valence-electron chi connectivity index (χ3n) is 3.54. The zero-order valence-electron chi connectivity index (χ0n) is 12.5. The van der Waals surface area contributed by atoms with Crippen molar-refractivity contribution in [2.24, 2.45) is 5.92 Å². The van der Waals surface area contributed by atoms with Crippen molar-refractivity contribution >= 4 is 11.3 Å². The SMILES string of the molecule is CC(C)CNCc1ccc(CN2CCN(C)CC2)s1. The lowest BCUT2D eigenvalue weighted by Crippen LogP contribution is -2.43. The number of rotatable bonds is 6. The second-order valence-electron chi connectivity index (χ2n) is 5.97. The summed E-state index contributed by atoms with van der Waals surface area (Å²) in [6.45, 7) is 12.6. The minimum atomic E-state index is 0.727. The Bertz CT molecular complexity index is 367. The Kier molecular flexibility index (Phi) is 5.82. The van der Waals surface area contributed by atoms with Crippen LogP contribution in [0.3, 0.4) is 0 Å². The highest BCUT2D eigenvalue weighted by molar-refractivity contribution is 7.11. The first-order valence-corrected chi connectivity index (χ1v) is 8.14. The Morgan fingerprint density at radius 1 is 1.16 bits per heavy atom. The molecule has 1 aromatic rings. The number of piperazine rings is 1. The smallest absolute Gasteiger partial charge is 0.0329 e. The minimum Gasteiger partial charge on any atom is -0.312 e. The predicted octanol–water partition coefficient (Wildman–Crippen LogP) is 2.24. The summed E-state index contributed by atoms with van der Waals surface area (Å²) in [7, 11) is 2.21. The topological polar surface area (TPSA) is 18.5 Å². The van der Waals surface area contributed by atoms with Crippen LogP contribution in [0.5, 0.6) is 0 Å². The summed E-state index contributed by atoms with van der Waals surface area (Å²) < 4.78 is 0. The highest BCUT2D eigenvalue weighted by Gasteiger charge is 2.14. The number of likely N-dealkylation sites (N-methyl/N-ethyl adjacent to an activating group) is 1. The Hall–Kier alpha value is -0.420. The molecular formula is C15H27N3S. The van der Waals surface area contributed by atoms with E-state index in [9.17, 15) is 0 Å². The minimum absolute atomic E-state index is 0.727. The van der Waals surface area contributed by atoms with Gasteiger partial charge in [0.2, 0.25) is 0 Å². The van der Waals surface area contributed by atoms with Crippen molar-refractivity contribution in [1.29, 1.82) is 0 Å². The van der Waals surface area contributed by atoms with E-state index in [4.69, 9.17) is 0 Å². The van der Waals surface area contributed by atoms with Gasteiger partial charge in [-0.2, -0.15) is 0 Å². The molecule has 1 aromatic heterocycles. The molecule has 1 fully saturated rings. The molecule has 3 nitrogen and oxygen atoms in total. The van der Waals surface area contributed by atoms with Crippen molar-refractivity contribution in [1.82, 2.24) is 15.1 Å². The van der Waals surface area contributed by atoms with E-state index in [2.05, 4.69) is 48.1 Å². The maximum atomic E-state index is 3.51. The van der Waals surface area contributed by atoms with Crippen LogP contribution in [0.25, 0.3) is 0 Å². The van der Waals surface area contributed by atoms with Crippen LogP contribution in [0.2, 0.25) is 0 Å². The summed E-state index contributed by atoms with van der Waals surface area (Å²) in [6.07, 6.45) is 0. The quantitative estimate of drug-likeness (QED) is 0.863. The van der Waals surface area contributed by atoms with Gasteiger partial charge in [-0.3, -0.25) is 4.90 Å². The Morgan fingerprint density at radius 3 is 2.53 bits per heavy atom. The lowest BCUT2D eigenvalue weighted by molar-refractivity contribution is 0.149. The average Bonchev–Trinajstić information content (AvgIpc) is 2.79. The molecule has 19 heavy (non-hydrogen) atoms. The fourth-order valence-corrected chi connectivity index (χ4v) is 3.34. The van der Waals surface area contributed by atoms with E-state index in [1.54, 1.807) is 0 Å². The van der Waals surface area contributed by atoms with Crippen LogP contribution in [-0.4, -0.2) is 49.6 Å². The van der Waals surface area contributed by atoms with Gasteiger partial charge in [0.15, 0.2) is 0 Å². The molecule has 0 spiro atoms. The molecule has 0 bridgehead atoms. The maximum Gasteiger partial charge on any atom is 0.0329 e. The summed E-state index contributed by atoms with van der Waals surface area (Å²) >= 11 is 1.96. The molecule has 108 valence electrons. The van der Waals surface area contributed by atoms with E-state index in [0.717, 1.165) is 25.6 Å². The molecule has 1 aliphatic heterocycles. The monoisotopic (exact) mass is 281 g/mol. The number of nitrogens with one attached hydrogen (secondary N) is 1. The third-order valence-corrected chi connectivity index (χ3v) is 4.61. The maximum absolute atomic E-state index is 3.51. The Labute approximate surface area is 121 Å². The highest BCUT2D eigenvalue weighted by Crippen LogP contribution is 2.19. The van der Waals surface area contributed by atoms with Gasteiger partial charge in [-0.1, -0.05) is 13.8 Å². The van der Waals surface area contributed by atoms with Crippen molar-refractivity contribution < 1.29 is 0 Å². The lowest BCUT2D eigenvalue weighted by atomic mass is 10.2. The van der Waals surface area contributed by atoms with Crippen LogP contribution in [-0.2, 0) is 13.1 Å². The molecular weight excluding hydrogens is 254 g/mol. The molecule has 0 aliphatic carbocycles. The number of thiophene rings is 1. The fraction of sp³-hybridized carbons (Fsp3) is 0.733. The average molecular weight is 281 g/mol. The lowest BCUT2D eigenvalue weighted by Gasteiger charge is -2.31. The van der Waals surface area contributed by atoms with Crippen molar-refractivity contribution in [3.05, 3.63) is 21.9 Å². The summed E-state index contributed by atoms with van der Waals surface area (Å²) in [5, 5.41) is 3.51. The van der Waals surface area contributed by atoms with Crippen LogP contribution < -0.4 is 5.32 Å². The van der Waals surface area contributed by atoms with E-state index < -0.39 is 0 Å². The van der Waals surface area contributed by atoms with Gasteiger partial charge in [0.05, 0.1) is 0 Å². The Morgan fingerprint density at radius 2 is 1.84 bits per heavy atom. The molecule has 0 unspecified atom stereocenters. The molecule has 0 amide bonds. The number of nitrogens with zero attached hydrogens (tertiary/aromatic N) is 2. The van der Waals surface area contributed by atoms with Crippen LogP contribution >= 0.6 is 11.3 Å². The fourth-order valence-electron chi connectivity index (χ4n) is 2.31. The van der Waals surface area contributed by atoms with Crippen molar-refractivity contribution in [3.8, 4) is 0 Å². The van der Waals surface area contributed by atoms with E-state index in [1.165, 1.54) is 35.9 Å². The first-order valence-electron chi connectivity index (χ1n) is 7.32. The second-order valence-corrected chi connectivity index (χ2v) is 7.23. The number of hydrogen-bond donors (Lipinski definition) is 1. The zero-order chi connectivity index (χ0) is 13.7. The summed E-state index contributed by atoms with van der Waals surface area (Å²) in [5.41, 5.74) is 0. The van der Waals surface area contributed by atoms with Crippen molar-refractivity contribution in [2.45, 2.75) is 26.9 Å². The molecule has 0 atom stereocenters. The third kappa shape index (κ3) is 5.22. The molecule has 2 rings (SSSR count). The van der Waals surface area contributed by atoms with Gasteiger partial charge in [0.25, 0.3) is 0 Å². The molecule has 4 heteroatoms. The first-order chi connectivity index (χ1) is 9.13. The van der Waals surface area contributed by atoms with Gasteiger partial charge >= 0.3 is 0 Å². The highest BCUT2D eigenvalue weighted by atomic mass is 32.1. The van der Waals surface area contributed by atoms with Gasteiger partial charge in [0.1, 0.15) is 0 Å². The molecule has 1 N–H and O–H groups in total. The van der Waals surface area contributed by atoms with Crippen LogP contribution in [0.15, 0.2) is 12.1 Å². The zero-order valence-corrected chi connectivity index (χ0v) is 13.3. The standard InChI is InChI=1S/C15H27N3S/c1-13(2)10-16-11-14-4-5-15(19-14)12-18-8-6-17(3)7-9-18/h4-5,13,16H,6-12H2,1-3H3. The molecule has 1 saturated heterocycles.